The third-order valence-corrected chi connectivity index (χ3v) is 4.34. The number of piperidine rings is 1. The Hall–Kier alpha value is -1.88. The van der Waals surface area contributed by atoms with Crippen molar-refractivity contribution in [1.82, 2.24) is 4.90 Å². The van der Waals surface area contributed by atoms with Gasteiger partial charge in [0, 0.05) is 30.6 Å². The summed E-state index contributed by atoms with van der Waals surface area (Å²) in [5.74, 6) is -0.365. The minimum absolute atomic E-state index is 0.0969. The molecular weight excluding hydrogens is 256 g/mol. The number of likely N-dealkylation sites (tertiary alicyclic amines) is 1. The summed E-state index contributed by atoms with van der Waals surface area (Å²) < 4.78 is 0. The van der Waals surface area contributed by atoms with Crippen LogP contribution in [0.2, 0.25) is 0 Å². The van der Waals surface area contributed by atoms with Crippen LogP contribution in [0.4, 0.5) is 5.69 Å². The van der Waals surface area contributed by atoms with E-state index in [0.717, 1.165) is 19.5 Å². The fourth-order valence-electron chi connectivity index (χ4n) is 3.29. The average Bonchev–Trinajstić information content (AvgIpc) is 2.75. The Balaban J connectivity index is 1.86. The molecule has 2 fully saturated rings. The number of hydrogen-bond donors (Lipinski definition) is 1. The third-order valence-electron chi connectivity index (χ3n) is 4.34. The number of hydrogen-bond acceptors (Lipinski definition) is 3. The van der Waals surface area contributed by atoms with Gasteiger partial charge in [-0.2, -0.15) is 0 Å². The van der Waals surface area contributed by atoms with Crippen molar-refractivity contribution in [3.63, 3.8) is 0 Å². The molecule has 0 aliphatic carbocycles. The number of carboxylic acids is 1. The molecule has 0 radical (unpaired) electrons. The maximum atomic E-state index is 12.5. The van der Waals surface area contributed by atoms with Crippen molar-refractivity contribution in [3.8, 4) is 0 Å². The van der Waals surface area contributed by atoms with Crippen LogP contribution >= 0.6 is 0 Å². The summed E-state index contributed by atoms with van der Waals surface area (Å²) >= 11 is 0. The zero-order chi connectivity index (χ0) is 14.3. The number of carbonyl (C=O) groups excluding carboxylic acids is 1. The van der Waals surface area contributed by atoms with Gasteiger partial charge in [-0.3, -0.25) is 4.79 Å². The van der Waals surface area contributed by atoms with Crippen LogP contribution in [0.5, 0.6) is 0 Å². The number of benzene rings is 1. The monoisotopic (exact) mass is 274 g/mol. The number of nitrogens with zero attached hydrogens (tertiary/aromatic N) is 2. The molecule has 5 nitrogen and oxygen atoms in total. The van der Waals surface area contributed by atoms with Gasteiger partial charge < -0.3 is 14.9 Å². The van der Waals surface area contributed by atoms with Gasteiger partial charge in [-0.25, -0.2) is 4.79 Å². The lowest BCUT2D eigenvalue weighted by molar-refractivity contribution is -0.122. The molecule has 2 heterocycles. The summed E-state index contributed by atoms with van der Waals surface area (Å²) in [6, 6.07) is 6.64. The molecule has 2 aliphatic rings. The van der Waals surface area contributed by atoms with E-state index in [4.69, 9.17) is 5.11 Å². The van der Waals surface area contributed by atoms with E-state index in [0.29, 0.717) is 18.2 Å². The first kappa shape index (κ1) is 13.1. The lowest BCUT2D eigenvalue weighted by Crippen LogP contribution is -2.38. The van der Waals surface area contributed by atoms with E-state index in [-0.39, 0.29) is 17.4 Å². The Kier molecular flexibility index (Phi) is 3.22. The molecule has 106 valence electrons. The van der Waals surface area contributed by atoms with Crippen LogP contribution in [0.3, 0.4) is 0 Å². The lowest BCUT2D eigenvalue weighted by atomic mass is 9.88. The van der Waals surface area contributed by atoms with Gasteiger partial charge in [-0.1, -0.05) is 6.07 Å². The van der Waals surface area contributed by atoms with Crippen molar-refractivity contribution in [1.29, 1.82) is 0 Å². The van der Waals surface area contributed by atoms with Crippen LogP contribution in [0.15, 0.2) is 24.3 Å². The molecule has 0 spiro atoms. The highest BCUT2D eigenvalue weighted by atomic mass is 16.4. The summed E-state index contributed by atoms with van der Waals surface area (Å²) in [5, 5.41) is 9.05. The molecular formula is C15H18N2O3. The Labute approximate surface area is 117 Å². The predicted molar refractivity (Wildman–Crippen MR) is 74.8 cm³/mol. The van der Waals surface area contributed by atoms with Gasteiger partial charge in [-0.15, -0.1) is 0 Å². The zero-order valence-electron chi connectivity index (χ0n) is 11.5. The van der Waals surface area contributed by atoms with Crippen molar-refractivity contribution < 1.29 is 14.7 Å². The topological polar surface area (TPSA) is 60.9 Å². The standard InChI is InChI=1S/C15H18N2O3/c1-16-6-5-13-11(8-16)9-17(14(13)18)12-4-2-3-10(7-12)15(19)20/h2-4,7,11,13H,5-6,8-9H2,1H3,(H,19,20)/t11-,13-/m0/s1. The molecule has 2 aliphatic heterocycles. The number of aromatic carboxylic acids is 1. The molecule has 0 saturated carbocycles. The summed E-state index contributed by atoms with van der Waals surface area (Å²) in [5.41, 5.74) is 0.925. The second-order valence-corrected chi connectivity index (χ2v) is 5.72. The fraction of sp³-hybridized carbons (Fsp3) is 0.467. The van der Waals surface area contributed by atoms with Gasteiger partial charge in [-0.05, 0) is 38.2 Å². The first-order chi connectivity index (χ1) is 9.56. The smallest absolute Gasteiger partial charge is 0.335 e. The van der Waals surface area contributed by atoms with E-state index >= 15 is 0 Å². The van der Waals surface area contributed by atoms with Gasteiger partial charge in [0.15, 0.2) is 0 Å². The summed E-state index contributed by atoms with van der Waals surface area (Å²) in [6.07, 6.45) is 0.898. The molecule has 2 atom stereocenters. The van der Waals surface area contributed by atoms with E-state index in [2.05, 4.69) is 11.9 Å². The van der Waals surface area contributed by atoms with Gasteiger partial charge >= 0.3 is 5.97 Å². The van der Waals surface area contributed by atoms with Gasteiger partial charge in [0.1, 0.15) is 0 Å². The molecule has 20 heavy (non-hydrogen) atoms. The van der Waals surface area contributed by atoms with Gasteiger partial charge in [0.25, 0.3) is 0 Å². The Morgan fingerprint density at radius 3 is 2.90 bits per heavy atom. The maximum absolute atomic E-state index is 12.5. The predicted octanol–water partition coefficient (Wildman–Crippen LogP) is 1.30. The van der Waals surface area contributed by atoms with Crippen LogP contribution in [-0.2, 0) is 4.79 Å². The number of fused-ring (bicyclic) bond motifs is 1. The van der Waals surface area contributed by atoms with Gasteiger partial charge in [0.2, 0.25) is 5.91 Å². The van der Waals surface area contributed by atoms with Crippen LogP contribution in [0, 0.1) is 11.8 Å². The van der Waals surface area contributed by atoms with Crippen molar-refractivity contribution >= 4 is 17.6 Å². The highest BCUT2D eigenvalue weighted by molar-refractivity contribution is 5.99. The van der Waals surface area contributed by atoms with Crippen molar-refractivity contribution in [2.24, 2.45) is 11.8 Å². The summed E-state index contributed by atoms with van der Waals surface area (Å²) in [4.78, 5) is 27.5. The average molecular weight is 274 g/mol. The Bertz CT molecular complexity index is 558. The van der Waals surface area contributed by atoms with Crippen LogP contribution in [0.1, 0.15) is 16.8 Å². The molecule has 3 rings (SSSR count). The van der Waals surface area contributed by atoms with Gasteiger partial charge in [0.05, 0.1) is 5.56 Å². The minimum atomic E-state index is -0.962. The number of carboxylic acid groups (broad SMARTS) is 1. The van der Waals surface area contributed by atoms with E-state index < -0.39 is 5.97 Å². The molecule has 1 amide bonds. The molecule has 1 N–H and O–H groups in total. The Morgan fingerprint density at radius 1 is 1.35 bits per heavy atom. The normalized spacial score (nSPS) is 26.6. The molecule has 5 heteroatoms. The third kappa shape index (κ3) is 2.18. The first-order valence-electron chi connectivity index (χ1n) is 6.89. The zero-order valence-corrected chi connectivity index (χ0v) is 11.5. The van der Waals surface area contributed by atoms with E-state index in [1.54, 1.807) is 23.1 Å². The summed E-state index contributed by atoms with van der Waals surface area (Å²) in [7, 11) is 2.08. The number of amides is 1. The molecule has 2 saturated heterocycles. The highest BCUT2D eigenvalue weighted by Gasteiger charge is 2.43. The second-order valence-electron chi connectivity index (χ2n) is 5.72. The van der Waals surface area contributed by atoms with E-state index in [9.17, 15) is 9.59 Å². The Morgan fingerprint density at radius 2 is 2.15 bits per heavy atom. The molecule has 1 aromatic rings. The van der Waals surface area contributed by atoms with Crippen molar-refractivity contribution in [2.75, 3.05) is 31.6 Å². The van der Waals surface area contributed by atoms with Crippen LogP contribution in [0.25, 0.3) is 0 Å². The van der Waals surface area contributed by atoms with Crippen LogP contribution < -0.4 is 4.90 Å². The molecule has 0 aromatic heterocycles. The number of anilines is 1. The maximum Gasteiger partial charge on any atom is 0.335 e. The number of carbonyl (C=O) groups is 2. The van der Waals surface area contributed by atoms with Crippen molar-refractivity contribution in [2.45, 2.75) is 6.42 Å². The minimum Gasteiger partial charge on any atom is -0.478 e. The molecule has 0 unspecified atom stereocenters. The first-order valence-corrected chi connectivity index (χ1v) is 6.89. The number of rotatable bonds is 2. The largest absolute Gasteiger partial charge is 0.478 e. The quantitative estimate of drug-likeness (QED) is 0.883. The van der Waals surface area contributed by atoms with E-state index in [1.165, 1.54) is 0 Å². The summed E-state index contributed by atoms with van der Waals surface area (Å²) in [6.45, 7) is 2.58. The highest BCUT2D eigenvalue weighted by Crippen LogP contribution is 2.34. The second kappa shape index (κ2) is 4.90. The lowest BCUT2D eigenvalue weighted by Gasteiger charge is -2.29. The van der Waals surface area contributed by atoms with Crippen LogP contribution in [-0.4, -0.2) is 48.6 Å². The van der Waals surface area contributed by atoms with Crippen molar-refractivity contribution in [3.05, 3.63) is 29.8 Å². The molecule has 1 aromatic carbocycles. The SMILES string of the molecule is CN1CC[C@@H]2C(=O)N(c3cccc(C(=O)O)c3)C[C@@H]2C1. The molecule has 0 bridgehead atoms. The fourth-order valence-corrected chi connectivity index (χ4v) is 3.29. The van der Waals surface area contributed by atoms with E-state index in [1.807, 2.05) is 6.07 Å².